The first-order valence-corrected chi connectivity index (χ1v) is 9.50. The van der Waals surface area contributed by atoms with Crippen molar-refractivity contribution >= 4 is 5.78 Å². The van der Waals surface area contributed by atoms with Crippen LogP contribution in [0.3, 0.4) is 0 Å². The van der Waals surface area contributed by atoms with E-state index in [9.17, 15) is 9.90 Å². The molecule has 7 atom stereocenters. The molecule has 5 nitrogen and oxygen atoms in total. The molecule has 3 aliphatic carbocycles. The van der Waals surface area contributed by atoms with Gasteiger partial charge in [-0.3, -0.25) is 4.79 Å². The maximum atomic E-state index is 12.6. The fourth-order valence-corrected chi connectivity index (χ4v) is 5.90. The molecule has 5 heteroatoms. The summed E-state index contributed by atoms with van der Waals surface area (Å²) in [5.74, 6) is -0.768. The van der Waals surface area contributed by atoms with Crippen molar-refractivity contribution in [2.75, 3.05) is 14.2 Å². The number of aliphatic hydroxyl groups excluding tert-OH is 1. The normalized spacial score (nSPS) is 40.6. The number of ether oxygens (including phenoxy) is 3. The Morgan fingerprint density at radius 1 is 1.19 bits per heavy atom. The van der Waals surface area contributed by atoms with E-state index in [4.69, 9.17) is 14.2 Å². The molecule has 4 rings (SSSR count). The Balaban J connectivity index is 1.63. The predicted molar refractivity (Wildman–Crippen MR) is 95.1 cm³/mol. The number of ketones is 1. The molecular weight excluding hydrogens is 332 g/mol. The predicted octanol–water partition coefficient (Wildman–Crippen LogP) is 2.41. The second kappa shape index (κ2) is 6.71. The lowest BCUT2D eigenvalue weighted by atomic mass is 9.65. The SMILES string of the molecule is COC1(OC)[C@@H]2CC(=O)[C@H]1[C@H]1C[C@@H](O)[C@H](C)[C@@H](OCc3ccccc3)[C@H]12. The van der Waals surface area contributed by atoms with E-state index in [1.807, 2.05) is 37.3 Å². The molecule has 0 aromatic heterocycles. The van der Waals surface area contributed by atoms with Gasteiger partial charge in [-0.25, -0.2) is 0 Å². The molecule has 3 saturated carbocycles. The highest BCUT2D eigenvalue weighted by Gasteiger charge is 2.72. The molecule has 3 fully saturated rings. The van der Waals surface area contributed by atoms with E-state index in [0.29, 0.717) is 19.4 Å². The van der Waals surface area contributed by atoms with Gasteiger partial charge in [-0.05, 0) is 23.8 Å². The summed E-state index contributed by atoms with van der Waals surface area (Å²) in [5, 5.41) is 10.6. The number of methoxy groups -OCH3 is 2. The zero-order valence-electron chi connectivity index (χ0n) is 15.6. The maximum Gasteiger partial charge on any atom is 0.181 e. The molecule has 0 unspecified atom stereocenters. The van der Waals surface area contributed by atoms with Crippen molar-refractivity contribution in [3.63, 3.8) is 0 Å². The van der Waals surface area contributed by atoms with Crippen molar-refractivity contribution in [2.24, 2.45) is 29.6 Å². The third kappa shape index (κ3) is 2.48. The van der Waals surface area contributed by atoms with Crippen LogP contribution in [0.15, 0.2) is 30.3 Å². The van der Waals surface area contributed by atoms with Crippen LogP contribution in [0.2, 0.25) is 0 Å². The molecule has 1 aromatic carbocycles. The number of aliphatic hydroxyl groups is 1. The second-order valence-electron chi connectivity index (χ2n) is 8.05. The molecule has 1 N–H and O–H groups in total. The standard InChI is InChI=1S/C21H28O5/c1-12-16(22)9-14-18(20(12)26-11-13-7-5-4-6-8-13)15-10-17(23)19(14)21(15,24-2)25-3/h4-8,12,14-16,18-20,22H,9-11H2,1-3H3/t12-,14-,15+,16+,18+,19+,20+/m0/s1. The third-order valence-corrected chi connectivity index (χ3v) is 7.05. The van der Waals surface area contributed by atoms with Gasteiger partial charge in [0.25, 0.3) is 0 Å². The highest BCUT2D eigenvalue weighted by molar-refractivity contribution is 5.87. The minimum atomic E-state index is -0.870. The summed E-state index contributed by atoms with van der Waals surface area (Å²) in [6, 6.07) is 10.1. The molecule has 1 aromatic rings. The highest BCUT2D eigenvalue weighted by Crippen LogP contribution is 2.63. The summed E-state index contributed by atoms with van der Waals surface area (Å²) in [6.07, 6.45) is 0.493. The number of hydrogen-bond donors (Lipinski definition) is 1. The molecule has 0 amide bonds. The molecule has 142 valence electrons. The number of benzene rings is 1. The Bertz CT molecular complexity index is 656. The van der Waals surface area contributed by atoms with E-state index < -0.39 is 11.9 Å². The Morgan fingerprint density at radius 3 is 2.54 bits per heavy atom. The minimum Gasteiger partial charge on any atom is -0.393 e. The molecule has 0 spiro atoms. The fraction of sp³-hybridized carbons (Fsp3) is 0.667. The van der Waals surface area contributed by atoms with E-state index in [2.05, 4.69) is 0 Å². The van der Waals surface area contributed by atoms with Gasteiger partial charge in [0.05, 0.1) is 24.7 Å². The monoisotopic (exact) mass is 360 g/mol. The third-order valence-electron chi connectivity index (χ3n) is 7.05. The van der Waals surface area contributed by atoms with E-state index in [1.165, 1.54) is 0 Å². The summed E-state index contributed by atoms with van der Waals surface area (Å²) < 4.78 is 18.0. The van der Waals surface area contributed by atoms with Crippen molar-refractivity contribution in [3.05, 3.63) is 35.9 Å². The summed E-state index contributed by atoms with van der Waals surface area (Å²) >= 11 is 0. The summed E-state index contributed by atoms with van der Waals surface area (Å²) in [4.78, 5) is 12.6. The molecular formula is C21H28O5. The lowest BCUT2D eigenvalue weighted by Crippen LogP contribution is -2.50. The van der Waals surface area contributed by atoms with Crippen molar-refractivity contribution < 1.29 is 24.1 Å². The van der Waals surface area contributed by atoms with E-state index in [0.717, 1.165) is 5.56 Å². The molecule has 0 heterocycles. The van der Waals surface area contributed by atoms with Crippen LogP contribution in [0.25, 0.3) is 0 Å². The molecule has 0 radical (unpaired) electrons. The minimum absolute atomic E-state index is 0.0147. The summed E-state index contributed by atoms with van der Waals surface area (Å²) in [6.45, 7) is 2.55. The number of fused-ring (bicyclic) bond motifs is 5. The van der Waals surface area contributed by atoms with E-state index in [-0.39, 0.29) is 41.5 Å². The zero-order valence-corrected chi connectivity index (χ0v) is 15.6. The molecule has 0 aliphatic heterocycles. The van der Waals surface area contributed by atoms with Crippen LogP contribution in [0, 0.1) is 29.6 Å². The Labute approximate surface area is 154 Å². The van der Waals surface area contributed by atoms with Crippen molar-refractivity contribution in [1.82, 2.24) is 0 Å². The maximum absolute atomic E-state index is 12.6. The van der Waals surface area contributed by atoms with Crippen molar-refractivity contribution in [3.8, 4) is 0 Å². The molecule has 0 saturated heterocycles. The summed E-state index contributed by atoms with van der Waals surface area (Å²) in [7, 11) is 3.25. The van der Waals surface area contributed by atoms with Crippen LogP contribution in [0.1, 0.15) is 25.3 Å². The van der Waals surface area contributed by atoms with E-state index in [1.54, 1.807) is 14.2 Å². The van der Waals surface area contributed by atoms with Crippen molar-refractivity contribution in [2.45, 2.75) is 44.4 Å². The largest absolute Gasteiger partial charge is 0.393 e. The Hall–Kier alpha value is -1.27. The average molecular weight is 360 g/mol. The van der Waals surface area contributed by atoms with Gasteiger partial charge < -0.3 is 19.3 Å². The number of carbonyl (C=O) groups excluding carboxylic acids is 1. The number of carbonyl (C=O) groups is 1. The van der Waals surface area contributed by atoms with Gasteiger partial charge in [-0.2, -0.15) is 0 Å². The number of hydrogen-bond acceptors (Lipinski definition) is 5. The van der Waals surface area contributed by atoms with Gasteiger partial charge in [0, 0.05) is 32.5 Å². The summed E-state index contributed by atoms with van der Waals surface area (Å²) in [5.41, 5.74) is 1.11. The first kappa shape index (κ1) is 18.1. The van der Waals surface area contributed by atoms with Gasteiger partial charge in [0.1, 0.15) is 5.78 Å². The van der Waals surface area contributed by atoms with Crippen LogP contribution in [0.4, 0.5) is 0 Å². The van der Waals surface area contributed by atoms with Crippen molar-refractivity contribution in [1.29, 1.82) is 0 Å². The number of rotatable bonds is 5. The van der Waals surface area contributed by atoms with Crippen LogP contribution >= 0.6 is 0 Å². The molecule has 3 aliphatic rings. The van der Waals surface area contributed by atoms with Crippen LogP contribution in [0.5, 0.6) is 0 Å². The average Bonchev–Trinajstić information content (AvgIpc) is 3.09. The number of Topliss-reactive ketones (excluding diaryl/α,β-unsaturated/α-hetero) is 1. The van der Waals surface area contributed by atoms with Gasteiger partial charge in [0.2, 0.25) is 0 Å². The van der Waals surface area contributed by atoms with Gasteiger partial charge >= 0.3 is 0 Å². The lowest BCUT2D eigenvalue weighted by molar-refractivity contribution is -0.239. The smallest absolute Gasteiger partial charge is 0.181 e. The molecule has 26 heavy (non-hydrogen) atoms. The van der Waals surface area contributed by atoms with Crippen LogP contribution in [-0.2, 0) is 25.6 Å². The van der Waals surface area contributed by atoms with E-state index >= 15 is 0 Å². The topological polar surface area (TPSA) is 65.0 Å². The first-order chi connectivity index (χ1) is 12.5. The van der Waals surface area contributed by atoms with Crippen LogP contribution in [-0.4, -0.2) is 43.1 Å². The zero-order chi connectivity index (χ0) is 18.5. The van der Waals surface area contributed by atoms with Crippen LogP contribution < -0.4 is 0 Å². The quantitative estimate of drug-likeness (QED) is 0.817. The van der Waals surface area contributed by atoms with Gasteiger partial charge in [-0.15, -0.1) is 0 Å². The highest BCUT2D eigenvalue weighted by atomic mass is 16.7. The van der Waals surface area contributed by atoms with Gasteiger partial charge in [0.15, 0.2) is 5.79 Å². The van der Waals surface area contributed by atoms with Gasteiger partial charge in [-0.1, -0.05) is 37.3 Å². The first-order valence-electron chi connectivity index (χ1n) is 9.50. The molecule has 2 bridgehead atoms. The Kier molecular flexibility index (Phi) is 4.68. The lowest BCUT2D eigenvalue weighted by Gasteiger charge is -2.45. The Morgan fingerprint density at radius 2 is 1.88 bits per heavy atom. The fourth-order valence-electron chi connectivity index (χ4n) is 5.90. The second-order valence-corrected chi connectivity index (χ2v) is 8.05.